The molecule has 1 saturated heterocycles. The van der Waals surface area contributed by atoms with Crippen molar-refractivity contribution in [1.82, 2.24) is 10.2 Å². The first-order chi connectivity index (χ1) is 14.9. The number of benzene rings is 2. The van der Waals surface area contributed by atoms with Gasteiger partial charge in [-0.05, 0) is 56.5 Å². The number of hydrogen-bond donors (Lipinski definition) is 1. The minimum Gasteiger partial charge on any atom is -0.434 e. The maximum atomic E-state index is 12.7. The van der Waals surface area contributed by atoms with Crippen LogP contribution in [0.25, 0.3) is 0 Å². The summed E-state index contributed by atoms with van der Waals surface area (Å²) < 4.78 is 9.74. The highest BCUT2D eigenvalue weighted by atomic mass is 16.7. The molecule has 164 valence electrons. The SMILES string of the molecule is CCOC(=O)Oc1ccc(C(=O)N2CCC(NC(=O)Cc3cccc(C)c3)CC2)cc1. The summed E-state index contributed by atoms with van der Waals surface area (Å²) >= 11 is 0. The Morgan fingerprint density at radius 1 is 1.06 bits per heavy atom. The molecule has 0 unspecified atom stereocenters. The molecule has 7 heteroatoms. The Morgan fingerprint density at radius 3 is 2.42 bits per heavy atom. The summed E-state index contributed by atoms with van der Waals surface area (Å²) in [6.07, 6.45) is 1.03. The highest BCUT2D eigenvalue weighted by Crippen LogP contribution is 2.18. The fraction of sp³-hybridized carbons (Fsp3) is 0.375. The lowest BCUT2D eigenvalue weighted by Crippen LogP contribution is -2.46. The number of piperidine rings is 1. The van der Waals surface area contributed by atoms with Crippen LogP contribution < -0.4 is 10.1 Å². The van der Waals surface area contributed by atoms with E-state index in [2.05, 4.69) is 5.32 Å². The summed E-state index contributed by atoms with van der Waals surface area (Å²) in [4.78, 5) is 38.2. The molecule has 1 N–H and O–H groups in total. The van der Waals surface area contributed by atoms with Crippen molar-refractivity contribution >= 4 is 18.0 Å². The second-order valence-corrected chi connectivity index (χ2v) is 7.61. The van der Waals surface area contributed by atoms with Gasteiger partial charge in [0, 0.05) is 24.7 Å². The van der Waals surface area contributed by atoms with Crippen molar-refractivity contribution in [3.8, 4) is 5.75 Å². The number of hydrogen-bond acceptors (Lipinski definition) is 5. The second kappa shape index (κ2) is 10.6. The van der Waals surface area contributed by atoms with Crippen LogP contribution in [0.3, 0.4) is 0 Å². The molecule has 2 aromatic rings. The van der Waals surface area contributed by atoms with E-state index in [-0.39, 0.29) is 24.5 Å². The summed E-state index contributed by atoms with van der Waals surface area (Å²) in [6, 6.07) is 14.4. The lowest BCUT2D eigenvalue weighted by Gasteiger charge is -2.32. The van der Waals surface area contributed by atoms with Crippen LogP contribution in [0.4, 0.5) is 4.79 Å². The highest BCUT2D eigenvalue weighted by molar-refractivity contribution is 5.94. The first-order valence-electron chi connectivity index (χ1n) is 10.5. The molecule has 7 nitrogen and oxygen atoms in total. The molecule has 0 bridgehead atoms. The van der Waals surface area contributed by atoms with E-state index in [0.717, 1.165) is 24.0 Å². The average molecular weight is 424 g/mol. The molecule has 2 aromatic carbocycles. The molecule has 1 fully saturated rings. The molecule has 3 rings (SSSR count). The molecule has 0 radical (unpaired) electrons. The summed E-state index contributed by atoms with van der Waals surface area (Å²) in [5.41, 5.74) is 2.66. The van der Waals surface area contributed by atoms with Gasteiger partial charge in [0.2, 0.25) is 5.91 Å². The molecule has 1 heterocycles. The Labute approximate surface area is 182 Å². The molecular formula is C24H28N2O5. The van der Waals surface area contributed by atoms with Crippen molar-refractivity contribution in [2.45, 2.75) is 39.2 Å². The molecule has 0 spiro atoms. The van der Waals surface area contributed by atoms with E-state index in [0.29, 0.717) is 30.8 Å². The molecule has 1 aliphatic rings. The Hall–Kier alpha value is -3.35. The molecule has 0 aliphatic carbocycles. The zero-order chi connectivity index (χ0) is 22.2. The number of carbonyl (C=O) groups is 3. The molecule has 1 aliphatic heterocycles. The van der Waals surface area contributed by atoms with Crippen LogP contribution in [0, 0.1) is 6.92 Å². The molecule has 0 aromatic heterocycles. The van der Waals surface area contributed by atoms with E-state index < -0.39 is 6.16 Å². The van der Waals surface area contributed by atoms with Crippen molar-refractivity contribution in [2.75, 3.05) is 19.7 Å². The van der Waals surface area contributed by atoms with Gasteiger partial charge < -0.3 is 19.7 Å². The van der Waals surface area contributed by atoms with Crippen molar-refractivity contribution in [3.05, 3.63) is 65.2 Å². The fourth-order valence-corrected chi connectivity index (χ4v) is 3.60. The normalized spacial score (nSPS) is 14.1. The topological polar surface area (TPSA) is 84.9 Å². The molecular weight excluding hydrogens is 396 g/mol. The quantitative estimate of drug-likeness (QED) is 0.567. The highest BCUT2D eigenvalue weighted by Gasteiger charge is 2.24. The van der Waals surface area contributed by atoms with Gasteiger partial charge in [-0.1, -0.05) is 29.8 Å². The standard InChI is InChI=1S/C24H28N2O5/c1-3-30-24(29)31-21-9-7-19(8-10-21)23(28)26-13-11-20(12-14-26)25-22(27)16-18-6-4-5-17(2)15-18/h4-10,15,20H,3,11-14,16H2,1-2H3,(H,25,27). The predicted octanol–water partition coefficient (Wildman–Crippen LogP) is 3.49. The Balaban J connectivity index is 1.46. The number of likely N-dealkylation sites (tertiary alicyclic amines) is 1. The van der Waals surface area contributed by atoms with Gasteiger partial charge in [-0.2, -0.15) is 0 Å². The van der Waals surface area contributed by atoms with Crippen LogP contribution in [-0.4, -0.2) is 48.6 Å². The third-order valence-corrected chi connectivity index (χ3v) is 5.16. The van der Waals surface area contributed by atoms with Gasteiger partial charge in [-0.25, -0.2) is 4.79 Å². The van der Waals surface area contributed by atoms with E-state index in [1.54, 1.807) is 36.1 Å². The lowest BCUT2D eigenvalue weighted by molar-refractivity contribution is -0.121. The maximum absolute atomic E-state index is 12.7. The largest absolute Gasteiger partial charge is 0.513 e. The molecule has 31 heavy (non-hydrogen) atoms. The minimum absolute atomic E-state index is 0.00700. The number of ether oxygens (including phenoxy) is 2. The van der Waals surface area contributed by atoms with Gasteiger partial charge in [-0.15, -0.1) is 0 Å². The number of nitrogens with one attached hydrogen (secondary N) is 1. The Bertz CT molecular complexity index is 918. The van der Waals surface area contributed by atoms with Crippen LogP contribution in [0.15, 0.2) is 48.5 Å². The van der Waals surface area contributed by atoms with Gasteiger partial charge >= 0.3 is 6.16 Å². The number of amides is 2. The maximum Gasteiger partial charge on any atom is 0.513 e. The summed E-state index contributed by atoms with van der Waals surface area (Å²) in [5.74, 6) is 0.254. The summed E-state index contributed by atoms with van der Waals surface area (Å²) in [5, 5.41) is 3.08. The van der Waals surface area contributed by atoms with Crippen LogP contribution in [0.5, 0.6) is 5.75 Å². The van der Waals surface area contributed by atoms with Crippen molar-refractivity contribution in [2.24, 2.45) is 0 Å². The van der Waals surface area contributed by atoms with Crippen LogP contribution in [-0.2, 0) is 16.0 Å². The van der Waals surface area contributed by atoms with Crippen molar-refractivity contribution < 1.29 is 23.9 Å². The number of carbonyl (C=O) groups excluding carboxylic acids is 3. The van der Waals surface area contributed by atoms with E-state index in [9.17, 15) is 14.4 Å². The number of nitrogens with zero attached hydrogens (tertiary/aromatic N) is 1. The van der Waals surface area contributed by atoms with Gasteiger partial charge in [0.15, 0.2) is 0 Å². The van der Waals surface area contributed by atoms with Crippen molar-refractivity contribution in [1.29, 1.82) is 0 Å². The van der Waals surface area contributed by atoms with Gasteiger partial charge in [0.05, 0.1) is 13.0 Å². The third-order valence-electron chi connectivity index (χ3n) is 5.16. The minimum atomic E-state index is -0.770. The Morgan fingerprint density at radius 2 is 1.77 bits per heavy atom. The van der Waals surface area contributed by atoms with E-state index in [4.69, 9.17) is 9.47 Å². The molecule has 0 saturated carbocycles. The summed E-state index contributed by atoms with van der Waals surface area (Å²) in [6.45, 7) is 5.10. The third kappa shape index (κ3) is 6.57. The van der Waals surface area contributed by atoms with Crippen LogP contribution in [0.2, 0.25) is 0 Å². The van der Waals surface area contributed by atoms with E-state index >= 15 is 0 Å². The van der Waals surface area contributed by atoms with Gasteiger partial charge in [0.25, 0.3) is 5.91 Å². The van der Waals surface area contributed by atoms with Crippen molar-refractivity contribution in [3.63, 3.8) is 0 Å². The first-order valence-corrected chi connectivity index (χ1v) is 10.5. The van der Waals surface area contributed by atoms with Crippen LogP contribution >= 0.6 is 0 Å². The zero-order valence-corrected chi connectivity index (χ0v) is 17.9. The first kappa shape index (κ1) is 22.3. The summed E-state index contributed by atoms with van der Waals surface area (Å²) in [7, 11) is 0. The zero-order valence-electron chi connectivity index (χ0n) is 17.9. The molecule has 2 amide bonds. The average Bonchev–Trinajstić information content (AvgIpc) is 2.74. The van der Waals surface area contributed by atoms with Gasteiger partial charge in [-0.3, -0.25) is 9.59 Å². The lowest BCUT2D eigenvalue weighted by atomic mass is 10.0. The van der Waals surface area contributed by atoms with Crippen LogP contribution in [0.1, 0.15) is 41.3 Å². The fourth-order valence-electron chi connectivity index (χ4n) is 3.60. The smallest absolute Gasteiger partial charge is 0.434 e. The number of rotatable bonds is 6. The van der Waals surface area contributed by atoms with E-state index in [1.807, 2.05) is 31.2 Å². The second-order valence-electron chi connectivity index (χ2n) is 7.61. The predicted molar refractivity (Wildman–Crippen MR) is 116 cm³/mol. The van der Waals surface area contributed by atoms with E-state index in [1.165, 1.54) is 0 Å². The van der Waals surface area contributed by atoms with Gasteiger partial charge in [0.1, 0.15) is 5.75 Å². The number of aryl methyl sites for hydroxylation is 1. The Kier molecular flexibility index (Phi) is 7.65. The monoisotopic (exact) mass is 424 g/mol. The molecule has 0 atom stereocenters.